The summed E-state index contributed by atoms with van der Waals surface area (Å²) in [6.07, 6.45) is 13.8. The van der Waals surface area contributed by atoms with Crippen LogP contribution < -0.4 is 0 Å². The molecule has 1 spiro atoms. The van der Waals surface area contributed by atoms with Crippen molar-refractivity contribution in [3.05, 3.63) is 0 Å². The minimum Gasteiger partial charge on any atom is -0.375 e. The molecule has 0 bridgehead atoms. The summed E-state index contributed by atoms with van der Waals surface area (Å²) in [5.41, 5.74) is 0.332. The molecule has 2 rings (SSSR count). The van der Waals surface area contributed by atoms with Gasteiger partial charge in [0.2, 0.25) is 0 Å². The Balaban J connectivity index is 1.91. The molecule has 0 amide bonds. The molecule has 1 aliphatic carbocycles. The molecule has 1 saturated heterocycles. The van der Waals surface area contributed by atoms with E-state index in [-0.39, 0.29) is 0 Å². The molecule has 1 heterocycles. The summed E-state index contributed by atoms with van der Waals surface area (Å²) in [5, 5.41) is 0. The third-order valence-electron chi connectivity index (χ3n) is 3.70. The normalized spacial score (nSPS) is 29.5. The second-order valence-corrected chi connectivity index (χ2v) is 4.76. The molecule has 0 aromatic heterocycles. The van der Waals surface area contributed by atoms with Gasteiger partial charge in [-0.3, -0.25) is 0 Å². The molecule has 2 fully saturated rings. The summed E-state index contributed by atoms with van der Waals surface area (Å²) in [5.74, 6) is 0. The molecule has 1 nitrogen and oxygen atoms in total. The average molecular weight is 182 g/mol. The van der Waals surface area contributed by atoms with E-state index in [1.807, 2.05) is 0 Å². The molecule has 0 aromatic rings. The van der Waals surface area contributed by atoms with Gasteiger partial charge in [-0.1, -0.05) is 38.5 Å². The van der Waals surface area contributed by atoms with Crippen molar-refractivity contribution in [2.45, 2.75) is 69.8 Å². The predicted molar refractivity (Wildman–Crippen MR) is 54.9 cm³/mol. The maximum atomic E-state index is 6.11. The van der Waals surface area contributed by atoms with Crippen molar-refractivity contribution in [1.29, 1.82) is 0 Å². The number of rotatable bonds is 0. The monoisotopic (exact) mass is 182 g/mol. The summed E-state index contributed by atoms with van der Waals surface area (Å²) >= 11 is 0. The van der Waals surface area contributed by atoms with Gasteiger partial charge in [-0.25, -0.2) is 0 Å². The van der Waals surface area contributed by atoms with E-state index in [0.717, 1.165) is 6.61 Å². The molecule has 0 radical (unpaired) electrons. The molecule has 0 N–H and O–H groups in total. The highest BCUT2D eigenvalue weighted by atomic mass is 16.5. The molecular formula is C12H22O. The Morgan fingerprint density at radius 1 is 0.615 bits per heavy atom. The fraction of sp³-hybridized carbons (Fsp3) is 1.00. The summed E-state index contributed by atoms with van der Waals surface area (Å²) < 4.78 is 6.11. The SMILES string of the molecule is C1CCCC2(CCCCC2)OCC1. The molecule has 0 atom stereocenters. The second-order valence-electron chi connectivity index (χ2n) is 4.76. The van der Waals surface area contributed by atoms with Gasteiger partial charge in [0.1, 0.15) is 0 Å². The van der Waals surface area contributed by atoms with Crippen LogP contribution in [0.15, 0.2) is 0 Å². The van der Waals surface area contributed by atoms with Gasteiger partial charge in [0.25, 0.3) is 0 Å². The molecule has 0 unspecified atom stereocenters. The van der Waals surface area contributed by atoms with Crippen molar-refractivity contribution in [3.8, 4) is 0 Å². The predicted octanol–water partition coefficient (Wildman–Crippen LogP) is 3.67. The Labute approximate surface area is 81.9 Å². The first-order valence-electron chi connectivity index (χ1n) is 6.05. The van der Waals surface area contributed by atoms with Gasteiger partial charge in [-0.05, 0) is 25.7 Å². The molecule has 1 saturated carbocycles. The van der Waals surface area contributed by atoms with E-state index in [1.54, 1.807) is 0 Å². The third-order valence-corrected chi connectivity index (χ3v) is 3.70. The molecule has 0 aromatic carbocycles. The largest absolute Gasteiger partial charge is 0.375 e. The van der Waals surface area contributed by atoms with Crippen molar-refractivity contribution in [2.24, 2.45) is 0 Å². The summed E-state index contributed by atoms with van der Waals surface area (Å²) in [7, 11) is 0. The minimum atomic E-state index is 0.332. The Morgan fingerprint density at radius 3 is 1.85 bits per heavy atom. The number of hydrogen-bond acceptors (Lipinski definition) is 1. The fourth-order valence-corrected chi connectivity index (χ4v) is 2.85. The lowest BCUT2D eigenvalue weighted by Crippen LogP contribution is -2.36. The van der Waals surface area contributed by atoms with Gasteiger partial charge in [-0.15, -0.1) is 0 Å². The van der Waals surface area contributed by atoms with E-state index in [9.17, 15) is 0 Å². The third kappa shape index (κ3) is 2.46. The molecule has 13 heavy (non-hydrogen) atoms. The average Bonchev–Trinajstić information content (AvgIpc) is 2.14. The Kier molecular flexibility index (Phi) is 3.26. The highest BCUT2D eigenvalue weighted by Gasteiger charge is 2.32. The highest BCUT2D eigenvalue weighted by molar-refractivity contribution is 4.85. The van der Waals surface area contributed by atoms with Crippen LogP contribution in [0.5, 0.6) is 0 Å². The van der Waals surface area contributed by atoms with Crippen LogP contribution in [-0.4, -0.2) is 12.2 Å². The first-order valence-corrected chi connectivity index (χ1v) is 6.05. The van der Waals surface area contributed by atoms with Crippen molar-refractivity contribution in [3.63, 3.8) is 0 Å². The second kappa shape index (κ2) is 4.45. The van der Waals surface area contributed by atoms with Crippen LogP contribution in [0.4, 0.5) is 0 Å². The van der Waals surface area contributed by atoms with Crippen LogP contribution in [-0.2, 0) is 4.74 Å². The molecule has 1 aliphatic heterocycles. The summed E-state index contributed by atoms with van der Waals surface area (Å²) in [6.45, 7) is 1.03. The van der Waals surface area contributed by atoms with Crippen molar-refractivity contribution in [2.75, 3.05) is 6.61 Å². The Bertz CT molecular complexity index is 137. The lowest BCUT2D eigenvalue weighted by molar-refractivity contribution is -0.0832. The van der Waals surface area contributed by atoms with Crippen LogP contribution in [0.25, 0.3) is 0 Å². The van der Waals surface area contributed by atoms with Gasteiger partial charge in [0.05, 0.1) is 5.60 Å². The lowest BCUT2D eigenvalue weighted by atomic mass is 9.80. The van der Waals surface area contributed by atoms with Crippen LogP contribution in [0.3, 0.4) is 0 Å². The van der Waals surface area contributed by atoms with E-state index in [0.29, 0.717) is 5.60 Å². The zero-order valence-corrected chi connectivity index (χ0v) is 8.69. The van der Waals surface area contributed by atoms with E-state index in [4.69, 9.17) is 4.74 Å². The summed E-state index contributed by atoms with van der Waals surface area (Å²) in [4.78, 5) is 0. The van der Waals surface area contributed by atoms with Crippen LogP contribution in [0, 0.1) is 0 Å². The van der Waals surface area contributed by atoms with Crippen LogP contribution in [0.2, 0.25) is 0 Å². The zero-order chi connectivity index (χ0) is 8.99. The summed E-state index contributed by atoms with van der Waals surface area (Å²) in [6, 6.07) is 0. The van der Waals surface area contributed by atoms with E-state index in [1.165, 1.54) is 64.2 Å². The van der Waals surface area contributed by atoms with Gasteiger partial charge in [0, 0.05) is 6.61 Å². The molecule has 2 aliphatic rings. The first kappa shape index (κ1) is 9.51. The number of hydrogen-bond donors (Lipinski definition) is 0. The minimum absolute atomic E-state index is 0.332. The highest BCUT2D eigenvalue weighted by Crippen LogP contribution is 2.37. The van der Waals surface area contributed by atoms with E-state index >= 15 is 0 Å². The maximum Gasteiger partial charge on any atom is 0.0682 e. The zero-order valence-electron chi connectivity index (χ0n) is 8.69. The maximum absolute atomic E-state index is 6.11. The smallest absolute Gasteiger partial charge is 0.0682 e. The quantitative estimate of drug-likeness (QED) is 0.555. The topological polar surface area (TPSA) is 9.23 Å². The van der Waals surface area contributed by atoms with Crippen LogP contribution >= 0.6 is 0 Å². The molecule has 1 heteroatoms. The first-order chi connectivity index (χ1) is 6.41. The fourth-order valence-electron chi connectivity index (χ4n) is 2.85. The standard InChI is InChI=1S/C12H22O/c1-2-7-11-13-12(8-4-1)9-5-3-6-10-12/h1-11H2. The van der Waals surface area contributed by atoms with Crippen molar-refractivity contribution >= 4 is 0 Å². The van der Waals surface area contributed by atoms with E-state index in [2.05, 4.69) is 0 Å². The molecule has 76 valence electrons. The van der Waals surface area contributed by atoms with Crippen molar-refractivity contribution < 1.29 is 4.74 Å². The van der Waals surface area contributed by atoms with Gasteiger partial charge in [0.15, 0.2) is 0 Å². The van der Waals surface area contributed by atoms with Gasteiger partial charge >= 0.3 is 0 Å². The van der Waals surface area contributed by atoms with Crippen molar-refractivity contribution in [1.82, 2.24) is 0 Å². The Hall–Kier alpha value is -0.0400. The van der Waals surface area contributed by atoms with Gasteiger partial charge < -0.3 is 4.74 Å². The van der Waals surface area contributed by atoms with Gasteiger partial charge in [-0.2, -0.15) is 0 Å². The number of ether oxygens (including phenoxy) is 1. The van der Waals surface area contributed by atoms with Crippen LogP contribution in [0.1, 0.15) is 64.2 Å². The molecular weight excluding hydrogens is 160 g/mol. The Morgan fingerprint density at radius 2 is 1.15 bits per heavy atom. The van der Waals surface area contributed by atoms with E-state index < -0.39 is 0 Å². The lowest BCUT2D eigenvalue weighted by Gasteiger charge is -2.38.